The molecular weight excluding hydrogens is 316 g/mol. The van der Waals surface area contributed by atoms with E-state index >= 15 is 0 Å². The van der Waals surface area contributed by atoms with Gasteiger partial charge in [0.25, 0.3) is 0 Å². The number of benzene rings is 1. The van der Waals surface area contributed by atoms with Gasteiger partial charge >= 0.3 is 0 Å². The molecule has 1 aromatic heterocycles. The van der Waals surface area contributed by atoms with Crippen LogP contribution in [0, 0.1) is 6.92 Å². The fourth-order valence-electron chi connectivity index (χ4n) is 2.72. The molecule has 122 valence electrons. The van der Waals surface area contributed by atoms with E-state index in [1.807, 2.05) is 29.2 Å². The Labute approximate surface area is 140 Å². The molecule has 0 spiro atoms. The van der Waals surface area contributed by atoms with E-state index in [0.717, 1.165) is 23.8 Å². The highest BCUT2D eigenvalue weighted by Gasteiger charge is 2.22. The Morgan fingerprint density at radius 3 is 2.61 bits per heavy atom. The number of hydrogen-bond acceptors (Lipinski definition) is 5. The minimum atomic E-state index is 0.125. The van der Waals surface area contributed by atoms with Gasteiger partial charge < -0.3 is 14.2 Å². The Balaban J connectivity index is 1.50. The van der Waals surface area contributed by atoms with Crippen molar-refractivity contribution >= 4 is 23.2 Å². The second-order valence-electron chi connectivity index (χ2n) is 5.53. The summed E-state index contributed by atoms with van der Waals surface area (Å²) < 4.78 is 5.29. The maximum atomic E-state index is 12.3. The maximum Gasteiger partial charge on any atom is 0.223 e. The van der Waals surface area contributed by atoms with Crippen LogP contribution in [0.3, 0.4) is 0 Å². The smallest absolute Gasteiger partial charge is 0.223 e. The summed E-state index contributed by atoms with van der Waals surface area (Å²) in [7, 11) is 0. The fraction of sp³-hybridized carbons (Fsp3) is 0.438. The van der Waals surface area contributed by atoms with E-state index in [4.69, 9.17) is 16.0 Å². The summed E-state index contributed by atoms with van der Waals surface area (Å²) in [6.07, 6.45) is 0.887. The van der Waals surface area contributed by atoms with E-state index in [1.165, 1.54) is 0 Å². The van der Waals surface area contributed by atoms with Gasteiger partial charge in [-0.1, -0.05) is 23.7 Å². The Kier molecular flexibility index (Phi) is 4.81. The summed E-state index contributed by atoms with van der Waals surface area (Å²) in [6, 6.07) is 7.80. The molecule has 0 N–H and O–H groups in total. The second-order valence-corrected chi connectivity index (χ2v) is 5.94. The highest BCUT2D eigenvalue weighted by atomic mass is 35.5. The zero-order valence-corrected chi connectivity index (χ0v) is 13.8. The predicted octanol–water partition coefficient (Wildman–Crippen LogP) is 2.31. The minimum absolute atomic E-state index is 0.125. The molecule has 1 saturated heterocycles. The molecule has 1 aliphatic heterocycles. The lowest BCUT2D eigenvalue weighted by Gasteiger charge is -2.36. The molecular formula is C16H19ClN4O2. The summed E-state index contributed by atoms with van der Waals surface area (Å²) in [4.78, 5) is 16.4. The Morgan fingerprint density at radius 2 is 1.96 bits per heavy atom. The zero-order valence-electron chi connectivity index (χ0n) is 13.0. The largest absolute Gasteiger partial charge is 0.426 e. The monoisotopic (exact) mass is 334 g/mol. The first-order chi connectivity index (χ1) is 11.1. The van der Waals surface area contributed by atoms with Crippen molar-refractivity contribution in [1.29, 1.82) is 0 Å². The first-order valence-electron chi connectivity index (χ1n) is 7.70. The molecule has 0 bridgehead atoms. The molecule has 0 atom stereocenters. The average Bonchev–Trinajstić information content (AvgIpc) is 2.99. The molecule has 0 aliphatic carbocycles. The van der Waals surface area contributed by atoms with E-state index in [-0.39, 0.29) is 5.91 Å². The summed E-state index contributed by atoms with van der Waals surface area (Å²) in [6.45, 7) is 4.72. The van der Waals surface area contributed by atoms with Crippen molar-refractivity contribution in [3.05, 3.63) is 41.1 Å². The number of anilines is 1. The normalized spacial score (nSPS) is 15.0. The second kappa shape index (κ2) is 7.00. The van der Waals surface area contributed by atoms with E-state index in [2.05, 4.69) is 15.1 Å². The summed E-state index contributed by atoms with van der Waals surface area (Å²) in [5, 5.41) is 8.43. The number of para-hydroxylation sites is 1. The molecule has 1 amide bonds. The number of aromatic nitrogens is 2. The molecule has 2 heterocycles. The van der Waals surface area contributed by atoms with Gasteiger partial charge in [0.15, 0.2) is 0 Å². The van der Waals surface area contributed by atoms with Crippen LogP contribution in [0.1, 0.15) is 18.2 Å². The number of piperazine rings is 1. The molecule has 0 unspecified atom stereocenters. The van der Waals surface area contributed by atoms with Crippen LogP contribution in [-0.2, 0) is 11.2 Å². The van der Waals surface area contributed by atoms with E-state index in [9.17, 15) is 4.79 Å². The van der Waals surface area contributed by atoms with Gasteiger partial charge in [0.2, 0.25) is 17.7 Å². The summed E-state index contributed by atoms with van der Waals surface area (Å²) >= 11 is 6.23. The van der Waals surface area contributed by atoms with Crippen molar-refractivity contribution in [2.75, 3.05) is 31.1 Å². The number of carbonyl (C=O) groups is 1. The van der Waals surface area contributed by atoms with Gasteiger partial charge in [0, 0.05) is 45.9 Å². The molecule has 1 fully saturated rings. The number of hydrogen-bond donors (Lipinski definition) is 0. The molecule has 7 heteroatoms. The number of rotatable bonds is 4. The van der Waals surface area contributed by atoms with Crippen LogP contribution in [0.5, 0.6) is 0 Å². The van der Waals surface area contributed by atoms with Crippen LogP contribution < -0.4 is 4.90 Å². The molecule has 6 nitrogen and oxygen atoms in total. The Bertz CT molecular complexity index is 680. The molecule has 0 radical (unpaired) electrons. The number of amides is 1. The molecule has 2 aromatic rings. The van der Waals surface area contributed by atoms with Crippen LogP contribution in [0.15, 0.2) is 28.7 Å². The summed E-state index contributed by atoms with van der Waals surface area (Å²) in [5.41, 5.74) is 1.03. The van der Waals surface area contributed by atoms with E-state index < -0.39 is 0 Å². The number of aryl methyl sites for hydroxylation is 2. The molecule has 23 heavy (non-hydrogen) atoms. The van der Waals surface area contributed by atoms with Crippen molar-refractivity contribution < 1.29 is 9.21 Å². The Morgan fingerprint density at radius 1 is 1.22 bits per heavy atom. The highest BCUT2D eigenvalue weighted by Crippen LogP contribution is 2.26. The van der Waals surface area contributed by atoms with Gasteiger partial charge in [-0.25, -0.2) is 0 Å². The number of carbonyl (C=O) groups excluding carboxylic acids is 1. The predicted molar refractivity (Wildman–Crippen MR) is 87.6 cm³/mol. The van der Waals surface area contributed by atoms with Crippen molar-refractivity contribution in [1.82, 2.24) is 15.1 Å². The van der Waals surface area contributed by atoms with Gasteiger partial charge in [-0.2, -0.15) is 0 Å². The van der Waals surface area contributed by atoms with Gasteiger partial charge in [-0.05, 0) is 12.1 Å². The van der Waals surface area contributed by atoms with Gasteiger partial charge in [-0.3, -0.25) is 4.79 Å². The van der Waals surface area contributed by atoms with Gasteiger partial charge in [-0.15, -0.1) is 10.2 Å². The first kappa shape index (κ1) is 15.8. The van der Waals surface area contributed by atoms with E-state index in [1.54, 1.807) is 6.92 Å². The Hall–Kier alpha value is -2.08. The fourth-order valence-corrected chi connectivity index (χ4v) is 2.97. The third-order valence-electron chi connectivity index (χ3n) is 3.95. The standard InChI is InChI=1S/C16H19ClN4O2/c1-12-18-19-15(23-12)6-7-16(22)21-10-8-20(9-11-21)14-5-3-2-4-13(14)17/h2-5H,6-11H2,1H3. The van der Waals surface area contributed by atoms with Crippen molar-refractivity contribution in [3.63, 3.8) is 0 Å². The topological polar surface area (TPSA) is 62.5 Å². The molecule has 3 rings (SSSR count). The van der Waals surface area contributed by atoms with Gasteiger partial charge in [0.05, 0.1) is 10.7 Å². The van der Waals surface area contributed by atoms with Crippen molar-refractivity contribution in [2.24, 2.45) is 0 Å². The number of nitrogens with zero attached hydrogens (tertiary/aromatic N) is 4. The quantitative estimate of drug-likeness (QED) is 0.858. The lowest BCUT2D eigenvalue weighted by molar-refractivity contribution is -0.131. The third kappa shape index (κ3) is 3.82. The maximum absolute atomic E-state index is 12.3. The molecule has 1 aliphatic rings. The molecule has 1 aromatic carbocycles. The van der Waals surface area contributed by atoms with Crippen LogP contribution >= 0.6 is 11.6 Å². The third-order valence-corrected chi connectivity index (χ3v) is 4.27. The zero-order chi connectivity index (χ0) is 16.2. The van der Waals surface area contributed by atoms with Crippen molar-refractivity contribution in [3.8, 4) is 0 Å². The van der Waals surface area contributed by atoms with Crippen LogP contribution in [0.4, 0.5) is 5.69 Å². The van der Waals surface area contributed by atoms with E-state index in [0.29, 0.717) is 37.7 Å². The molecule has 0 saturated carbocycles. The van der Waals surface area contributed by atoms with Gasteiger partial charge in [0.1, 0.15) is 0 Å². The SMILES string of the molecule is Cc1nnc(CCC(=O)N2CCN(c3ccccc3Cl)CC2)o1. The lowest BCUT2D eigenvalue weighted by atomic mass is 10.2. The average molecular weight is 335 g/mol. The lowest BCUT2D eigenvalue weighted by Crippen LogP contribution is -2.48. The van der Waals surface area contributed by atoms with Crippen LogP contribution in [-0.4, -0.2) is 47.2 Å². The number of halogens is 1. The highest BCUT2D eigenvalue weighted by molar-refractivity contribution is 6.33. The minimum Gasteiger partial charge on any atom is -0.426 e. The first-order valence-corrected chi connectivity index (χ1v) is 8.07. The summed E-state index contributed by atoms with van der Waals surface area (Å²) in [5.74, 6) is 1.17. The van der Waals surface area contributed by atoms with Crippen LogP contribution in [0.2, 0.25) is 5.02 Å². The van der Waals surface area contributed by atoms with Crippen molar-refractivity contribution in [2.45, 2.75) is 19.8 Å². The van der Waals surface area contributed by atoms with Crippen LogP contribution in [0.25, 0.3) is 0 Å².